The summed E-state index contributed by atoms with van der Waals surface area (Å²) in [5.74, 6) is -0.803. The Morgan fingerprint density at radius 3 is 2.04 bits per heavy atom. The Bertz CT molecular complexity index is 2750. The number of carbonyl (C=O) groups excluding carboxylic acids is 2. The van der Waals surface area contributed by atoms with Crippen LogP contribution < -0.4 is 27.1 Å². The number of allylic oxidation sites excluding steroid dienone is 4. The highest BCUT2D eigenvalue weighted by molar-refractivity contribution is 7.91. The molecule has 0 saturated carbocycles. The molecule has 0 unspecified atom stereocenters. The number of ether oxygens (including phenoxy) is 1. The number of nitrogens with zero attached hydrogens (tertiary/aromatic N) is 4. The zero-order valence-electron chi connectivity index (χ0n) is 29.7. The summed E-state index contributed by atoms with van der Waals surface area (Å²) >= 11 is 0. The lowest BCUT2D eigenvalue weighted by Crippen LogP contribution is -2.28. The van der Waals surface area contributed by atoms with E-state index in [1.807, 2.05) is 31.2 Å². The number of rotatable bonds is 10. The SMILES string of the molecule is COc1ccc(NN=C2C(=O)c3c(cc(S(=O)(=O)O)c(N=Nc4ccc(-c5ccc(NN=C6C=CC(=O)C=C6N)c(C)c5)cc4C)c3N)C=C2S(=O)(=O)O)cc1. The molecule has 56 heavy (non-hydrogen) atoms. The minimum absolute atomic E-state index is 0.219. The number of hydrazone groups is 2. The van der Waals surface area contributed by atoms with Crippen LogP contribution in [0.5, 0.6) is 5.75 Å². The van der Waals surface area contributed by atoms with Crippen molar-refractivity contribution < 1.29 is 40.3 Å². The predicted molar refractivity (Wildman–Crippen MR) is 212 cm³/mol. The number of Topliss-reactive ketones (excluding diaryl/α,β-unsaturated/α-hetero) is 1. The van der Waals surface area contributed by atoms with E-state index in [0.717, 1.165) is 28.8 Å². The van der Waals surface area contributed by atoms with E-state index in [0.29, 0.717) is 28.4 Å². The van der Waals surface area contributed by atoms with Crippen molar-refractivity contribution in [2.75, 3.05) is 23.7 Å². The number of azo groups is 1. The van der Waals surface area contributed by atoms with Crippen LogP contribution in [0.4, 0.5) is 28.4 Å². The molecule has 4 aromatic rings. The van der Waals surface area contributed by atoms with E-state index in [1.165, 1.54) is 37.5 Å². The standard InChI is InChI=1S/C37H32N8O9S2/c1-19-14-21(4-11-28(19)41-43-30-13-8-25(46)18-27(30)38)22-5-12-29(20(2)15-22)42-44-35-31(55(48,49)50)16-23-17-32(56(51,52)53)36(37(47)33(23)34(35)39)45-40-24-6-9-26(54-3)10-7-24/h4-18,40-41H,38-39H2,1-3H3,(H,48,49,50)(H,51,52,53). The van der Waals surface area contributed by atoms with Crippen LogP contribution in [0.3, 0.4) is 0 Å². The second-order valence-electron chi connectivity index (χ2n) is 12.4. The summed E-state index contributed by atoms with van der Waals surface area (Å²) in [7, 11) is -8.72. The van der Waals surface area contributed by atoms with Gasteiger partial charge in [0.05, 0.1) is 41.1 Å². The largest absolute Gasteiger partial charge is 0.497 e. The Morgan fingerprint density at radius 1 is 0.750 bits per heavy atom. The molecule has 17 nitrogen and oxygen atoms in total. The average Bonchev–Trinajstić information content (AvgIpc) is 3.13. The minimum atomic E-state index is -5.10. The molecule has 19 heteroatoms. The van der Waals surface area contributed by atoms with Gasteiger partial charge in [-0.05, 0) is 114 Å². The maximum atomic E-state index is 13.8. The molecule has 4 aromatic carbocycles. The third-order valence-corrected chi connectivity index (χ3v) is 10.3. The highest BCUT2D eigenvalue weighted by Crippen LogP contribution is 2.41. The van der Waals surface area contributed by atoms with Gasteiger partial charge in [0.2, 0.25) is 5.78 Å². The number of hydrogen-bond donors (Lipinski definition) is 6. The molecule has 0 amide bonds. The molecule has 2 aliphatic rings. The Balaban J connectivity index is 1.32. The fourth-order valence-electron chi connectivity index (χ4n) is 5.66. The molecule has 0 atom stereocenters. The van der Waals surface area contributed by atoms with Gasteiger partial charge in [-0.25, -0.2) is 0 Å². The van der Waals surface area contributed by atoms with Crippen molar-refractivity contribution in [2.24, 2.45) is 26.2 Å². The lowest BCUT2D eigenvalue weighted by molar-refractivity contribution is -0.110. The highest BCUT2D eigenvalue weighted by Gasteiger charge is 2.37. The van der Waals surface area contributed by atoms with Crippen LogP contribution in [-0.4, -0.2) is 56.0 Å². The van der Waals surface area contributed by atoms with E-state index in [2.05, 4.69) is 31.3 Å². The van der Waals surface area contributed by atoms with Crippen LogP contribution >= 0.6 is 0 Å². The molecule has 8 N–H and O–H groups in total. The van der Waals surface area contributed by atoms with Crippen LogP contribution in [0.25, 0.3) is 17.2 Å². The first-order valence-corrected chi connectivity index (χ1v) is 19.1. The number of benzene rings is 4. The van der Waals surface area contributed by atoms with Crippen molar-refractivity contribution in [1.29, 1.82) is 0 Å². The Kier molecular flexibility index (Phi) is 10.5. The van der Waals surface area contributed by atoms with Gasteiger partial charge in [-0.15, -0.1) is 5.11 Å². The first-order chi connectivity index (χ1) is 26.4. The van der Waals surface area contributed by atoms with Gasteiger partial charge in [-0.2, -0.15) is 32.2 Å². The number of carbonyl (C=O) groups is 2. The zero-order chi connectivity index (χ0) is 40.5. The molecular weight excluding hydrogens is 765 g/mol. The van der Waals surface area contributed by atoms with Gasteiger partial charge in [0.15, 0.2) is 11.5 Å². The van der Waals surface area contributed by atoms with Gasteiger partial charge < -0.3 is 16.2 Å². The van der Waals surface area contributed by atoms with Crippen LogP contribution in [0.2, 0.25) is 0 Å². The molecule has 0 saturated heterocycles. The first-order valence-electron chi connectivity index (χ1n) is 16.3. The molecule has 0 bridgehead atoms. The van der Waals surface area contributed by atoms with Gasteiger partial charge in [-0.1, -0.05) is 12.1 Å². The highest BCUT2D eigenvalue weighted by atomic mass is 32.2. The van der Waals surface area contributed by atoms with Gasteiger partial charge in [0.25, 0.3) is 20.2 Å². The molecule has 0 aromatic heterocycles. The normalized spacial score (nSPS) is 15.9. The molecule has 286 valence electrons. The van der Waals surface area contributed by atoms with E-state index in [4.69, 9.17) is 16.2 Å². The number of anilines is 3. The fraction of sp³-hybridized carbons (Fsp3) is 0.0811. The van der Waals surface area contributed by atoms with E-state index < -0.39 is 58.5 Å². The van der Waals surface area contributed by atoms with Crippen LogP contribution in [0.15, 0.2) is 121 Å². The lowest BCUT2D eigenvalue weighted by atomic mass is 9.92. The molecule has 0 spiro atoms. The van der Waals surface area contributed by atoms with Gasteiger partial charge in [0, 0.05) is 6.08 Å². The summed E-state index contributed by atoms with van der Waals surface area (Å²) in [5.41, 5.74) is 20.2. The number of aryl methyl sites for hydroxylation is 2. The third kappa shape index (κ3) is 8.15. The average molecular weight is 797 g/mol. The van der Waals surface area contributed by atoms with Crippen molar-refractivity contribution in [3.63, 3.8) is 0 Å². The molecular formula is C37H32N8O9S2. The Labute approximate surface area is 320 Å². The zero-order valence-corrected chi connectivity index (χ0v) is 31.3. The summed E-state index contributed by atoms with van der Waals surface area (Å²) in [6, 6.07) is 17.8. The van der Waals surface area contributed by atoms with Crippen molar-refractivity contribution in [3.05, 3.63) is 118 Å². The quantitative estimate of drug-likeness (QED) is 0.0361. The monoisotopic (exact) mass is 796 g/mol. The van der Waals surface area contributed by atoms with Crippen LogP contribution in [0, 0.1) is 13.8 Å². The van der Waals surface area contributed by atoms with Crippen molar-refractivity contribution in [2.45, 2.75) is 18.7 Å². The number of nitrogens with one attached hydrogen (secondary N) is 2. The Hall–Kier alpha value is -6.80. The molecule has 0 aliphatic heterocycles. The second-order valence-corrected chi connectivity index (χ2v) is 15.1. The van der Waals surface area contributed by atoms with Crippen molar-refractivity contribution >= 4 is 77.7 Å². The predicted octanol–water partition coefficient (Wildman–Crippen LogP) is 5.87. The van der Waals surface area contributed by atoms with Crippen LogP contribution in [-0.2, 0) is 25.0 Å². The van der Waals surface area contributed by atoms with Gasteiger partial charge in [-0.3, -0.25) is 29.5 Å². The van der Waals surface area contributed by atoms with E-state index in [9.17, 15) is 35.5 Å². The molecule has 6 rings (SSSR count). The fourth-order valence-corrected chi connectivity index (χ4v) is 6.99. The summed E-state index contributed by atoms with van der Waals surface area (Å²) in [6.45, 7) is 3.62. The summed E-state index contributed by atoms with van der Waals surface area (Å²) < 4.78 is 75.1. The van der Waals surface area contributed by atoms with E-state index in [1.54, 1.807) is 31.2 Å². The van der Waals surface area contributed by atoms with Gasteiger partial charge >= 0.3 is 0 Å². The van der Waals surface area contributed by atoms with E-state index >= 15 is 0 Å². The molecule has 0 radical (unpaired) electrons. The Morgan fingerprint density at radius 2 is 1.43 bits per heavy atom. The number of nitrogens with two attached hydrogens (primary N) is 2. The van der Waals surface area contributed by atoms with Crippen molar-refractivity contribution in [3.8, 4) is 16.9 Å². The minimum Gasteiger partial charge on any atom is -0.497 e. The lowest BCUT2D eigenvalue weighted by Gasteiger charge is -2.20. The maximum Gasteiger partial charge on any atom is 0.296 e. The first kappa shape index (κ1) is 38.9. The van der Waals surface area contributed by atoms with Crippen molar-refractivity contribution in [1.82, 2.24) is 0 Å². The molecule has 0 fully saturated rings. The molecule has 0 heterocycles. The summed E-state index contributed by atoms with van der Waals surface area (Å²) in [4.78, 5) is 23.5. The number of methoxy groups -OCH3 is 1. The summed E-state index contributed by atoms with van der Waals surface area (Å²) in [6.07, 6.45) is 4.98. The topological polar surface area (TPSA) is 278 Å². The number of nitrogen functional groups attached to an aromatic ring is 1. The third-order valence-electron chi connectivity index (χ3n) is 8.55. The number of ketones is 2. The second kappa shape index (κ2) is 15.1. The van der Waals surface area contributed by atoms with Crippen LogP contribution in [0.1, 0.15) is 27.0 Å². The maximum absolute atomic E-state index is 13.8. The molecule has 2 aliphatic carbocycles. The number of hydrogen-bond acceptors (Lipinski definition) is 15. The van der Waals surface area contributed by atoms with Gasteiger partial charge in [0.1, 0.15) is 26.9 Å². The number of fused-ring (bicyclic) bond motifs is 1. The smallest absolute Gasteiger partial charge is 0.296 e. The summed E-state index contributed by atoms with van der Waals surface area (Å²) in [5, 5.41) is 16.4. The van der Waals surface area contributed by atoms with E-state index in [-0.39, 0.29) is 22.7 Å².